The van der Waals surface area contributed by atoms with Crippen LogP contribution in [0.3, 0.4) is 0 Å². The summed E-state index contributed by atoms with van der Waals surface area (Å²) in [7, 11) is 0. The highest BCUT2D eigenvalue weighted by atomic mass is 16.5. The van der Waals surface area contributed by atoms with Crippen molar-refractivity contribution in [3.05, 3.63) is 12.2 Å². The van der Waals surface area contributed by atoms with E-state index in [1.807, 2.05) is 0 Å². The van der Waals surface area contributed by atoms with Gasteiger partial charge < -0.3 is 20.0 Å². The molecule has 0 amide bonds. The van der Waals surface area contributed by atoms with E-state index in [9.17, 15) is 0 Å². The van der Waals surface area contributed by atoms with Gasteiger partial charge >= 0.3 is 12.0 Å². The quantitative estimate of drug-likeness (QED) is 0.683. The Morgan fingerprint density at radius 1 is 1.43 bits per heavy atom. The zero-order chi connectivity index (χ0) is 9.80. The number of nitrogen functional groups attached to an aromatic ring is 1. The Morgan fingerprint density at radius 2 is 2.36 bits per heavy atom. The number of anilines is 2. The normalized spacial score (nSPS) is 10.3. The number of nitrogens with one attached hydrogen (secondary N) is 1. The molecule has 0 spiro atoms. The molecule has 0 fully saturated rings. The summed E-state index contributed by atoms with van der Waals surface area (Å²) in [6.45, 7) is 0.559. The predicted octanol–water partition coefficient (Wildman–Crippen LogP) is -0.311. The maximum absolute atomic E-state index is 5.22. The van der Waals surface area contributed by atoms with E-state index in [2.05, 4.69) is 25.7 Å². The van der Waals surface area contributed by atoms with Crippen LogP contribution >= 0.6 is 0 Å². The Bertz CT molecular complexity index is 383. The lowest BCUT2D eigenvalue weighted by Crippen LogP contribution is -2.05. The SMILES string of the molecule is Nc1nnc(NCCc2ncno2)o1. The highest BCUT2D eigenvalue weighted by Crippen LogP contribution is 2.05. The molecule has 2 heterocycles. The number of aromatic nitrogens is 4. The second-order valence-corrected chi connectivity index (χ2v) is 2.46. The predicted molar refractivity (Wildman–Crippen MR) is 45.2 cm³/mol. The number of rotatable bonds is 4. The molecular weight excluding hydrogens is 188 g/mol. The van der Waals surface area contributed by atoms with Crippen LogP contribution in [0, 0.1) is 0 Å². The summed E-state index contributed by atoms with van der Waals surface area (Å²) in [4.78, 5) is 3.84. The summed E-state index contributed by atoms with van der Waals surface area (Å²) in [5.74, 6) is 0.546. The van der Waals surface area contributed by atoms with Gasteiger partial charge in [0.1, 0.15) is 0 Å². The van der Waals surface area contributed by atoms with Gasteiger partial charge in [0, 0.05) is 13.0 Å². The van der Waals surface area contributed by atoms with Crippen LogP contribution in [0.1, 0.15) is 5.89 Å². The Morgan fingerprint density at radius 3 is 3.00 bits per heavy atom. The lowest BCUT2D eigenvalue weighted by molar-refractivity contribution is 0.379. The molecule has 74 valence electrons. The van der Waals surface area contributed by atoms with Crippen LogP contribution in [0.5, 0.6) is 0 Å². The molecule has 14 heavy (non-hydrogen) atoms. The number of nitrogens with zero attached hydrogens (tertiary/aromatic N) is 4. The first-order valence-electron chi connectivity index (χ1n) is 3.93. The van der Waals surface area contributed by atoms with Crippen LogP contribution in [-0.4, -0.2) is 26.9 Å². The molecule has 0 aliphatic rings. The van der Waals surface area contributed by atoms with Crippen molar-refractivity contribution in [1.29, 1.82) is 0 Å². The molecule has 0 aliphatic heterocycles. The Hall–Kier alpha value is -2.12. The Balaban J connectivity index is 1.78. The second kappa shape index (κ2) is 3.73. The maximum atomic E-state index is 5.22. The van der Waals surface area contributed by atoms with Gasteiger partial charge in [0.2, 0.25) is 5.89 Å². The summed E-state index contributed by atoms with van der Waals surface area (Å²) >= 11 is 0. The van der Waals surface area contributed by atoms with E-state index in [4.69, 9.17) is 14.7 Å². The van der Waals surface area contributed by atoms with E-state index >= 15 is 0 Å². The van der Waals surface area contributed by atoms with E-state index in [0.29, 0.717) is 18.9 Å². The first-order chi connectivity index (χ1) is 6.84. The molecule has 0 unspecified atom stereocenters. The van der Waals surface area contributed by atoms with Gasteiger partial charge in [-0.1, -0.05) is 15.4 Å². The van der Waals surface area contributed by atoms with Crippen molar-refractivity contribution in [3.63, 3.8) is 0 Å². The van der Waals surface area contributed by atoms with Crippen molar-refractivity contribution >= 4 is 12.0 Å². The monoisotopic (exact) mass is 196 g/mol. The van der Waals surface area contributed by atoms with Gasteiger partial charge in [-0.2, -0.15) is 4.98 Å². The highest BCUT2D eigenvalue weighted by molar-refractivity contribution is 5.22. The van der Waals surface area contributed by atoms with Crippen molar-refractivity contribution in [2.75, 3.05) is 17.6 Å². The third kappa shape index (κ3) is 1.97. The molecule has 0 radical (unpaired) electrons. The molecule has 0 aromatic carbocycles. The fourth-order valence-electron chi connectivity index (χ4n) is 0.889. The lowest BCUT2D eigenvalue weighted by atomic mass is 10.4. The van der Waals surface area contributed by atoms with Crippen molar-refractivity contribution in [2.24, 2.45) is 0 Å². The van der Waals surface area contributed by atoms with Crippen molar-refractivity contribution < 1.29 is 8.94 Å². The van der Waals surface area contributed by atoms with Crippen LogP contribution < -0.4 is 11.1 Å². The van der Waals surface area contributed by atoms with E-state index in [-0.39, 0.29) is 12.0 Å². The third-order valence-electron chi connectivity index (χ3n) is 1.46. The lowest BCUT2D eigenvalue weighted by Gasteiger charge is -1.95. The van der Waals surface area contributed by atoms with Crippen LogP contribution in [0.2, 0.25) is 0 Å². The van der Waals surface area contributed by atoms with Crippen LogP contribution in [0.25, 0.3) is 0 Å². The minimum absolute atomic E-state index is 0.0327. The molecule has 8 heteroatoms. The number of hydrogen-bond donors (Lipinski definition) is 2. The van der Waals surface area contributed by atoms with Crippen LogP contribution in [0.4, 0.5) is 12.0 Å². The summed E-state index contributed by atoms with van der Waals surface area (Å²) in [5, 5.41) is 13.4. The summed E-state index contributed by atoms with van der Waals surface area (Å²) in [6.07, 6.45) is 1.93. The first-order valence-corrected chi connectivity index (χ1v) is 3.93. The topological polar surface area (TPSA) is 116 Å². The van der Waals surface area contributed by atoms with E-state index in [0.717, 1.165) is 0 Å². The molecule has 2 rings (SSSR count). The second-order valence-electron chi connectivity index (χ2n) is 2.46. The van der Waals surface area contributed by atoms with Gasteiger partial charge in [-0.25, -0.2) is 0 Å². The molecule has 0 atom stereocenters. The van der Waals surface area contributed by atoms with Gasteiger partial charge in [0.05, 0.1) is 0 Å². The van der Waals surface area contributed by atoms with Gasteiger partial charge in [-0.3, -0.25) is 0 Å². The standard InChI is InChI=1S/C6H8N6O2/c7-5-11-12-6(13-5)8-2-1-4-9-3-10-14-4/h3H,1-2H2,(H2,7,11)(H,8,12). The number of nitrogens with two attached hydrogens (primary N) is 1. The minimum Gasteiger partial charge on any atom is -0.390 e. The fraction of sp³-hybridized carbons (Fsp3) is 0.333. The van der Waals surface area contributed by atoms with E-state index in [1.165, 1.54) is 6.33 Å². The van der Waals surface area contributed by atoms with E-state index < -0.39 is 0 Å². The maximum Gasteiger partial charge on any atom is 0.316 e. The Kier molecular flexibility index (Phi) is 2.26. The molecular formula is C6H8N6O2. The van der Waals surface area contributed by atoms with Crippen molar-refractivity contribution in [1.82, 2.24) is 20.3 Å². The van der Waals surface area contributed by atoms with E-state index in [1.54, 1.807) is 0 Å². The molecule has 2 aromatic rings. The third-order valence-corrected chi connectivity index (χ3v) is 1.46. The average molecular weight is 196 g/mol. The zero-order valence-corrected chi connectivity index (χ0v) is 7.17. The summed E-state index contributed by atoms with van der Waals surface area (Å²) < 4.78 is 9.66. The molecule has 0 saturated heterocycles. The zero-order valence-electron chi connectivity index (χ0n) is 7.17. The van der Waals surface area contributed by atoms with Gasteiger partial charge in [0.25, 0.3) is 0 Å². The first kappa shape index (κ1) is 8.48. The fourth-order valence-corrected chi connectivity index (χ4v) is 0.889. The van der Waals surface area contributed by atoms with Gasteiger partial charge in [0.15, 0.2) is 6.33 Å². The Labute approximate surface area is 78.5 Å². The molecule has 0 aliphatic carbocycles. The average Bonchev–Trinajstić information content (AvgIpc) is 2.77. The molecule has 3 N–H and O–H groups in total. The summed E-state index contributed by atoms with van der Waals surface area (Å²) in [6, 6.07) is 0.312. The smallest absolute Gasteiger partial charge is 0.316 e. The van der Waals surface area contributed by atoms with Gasteiger partial charge in [-0.05, 0) is 0 Å². The largest absolute Gasteiger partial charge is 0.390 e. The van der Waals surface area contributed by atoms with Crippen molar-refractivity contribution in [3.8, 4) is 0 Å². The highest BCUT2D eigenvalue weighted by Gasteiger charge is 2.02. The van der Waals surface area contributed by atoms with Crippen LogP contribution in [-0.2, 0) is 6.42 Å². The van der Waals surface area contributed by atoms with Crippen LogP contribution in [0.15, 0.2) is 15.3 Å². The summed E-state index contributed by atoms with van der Waals surface area (Å²) in [5.41, 5.74) is 5.22. The van der Waals surface area contributed by atoms with Gasteiger partial charge in [-0.15, -0.1) is 0 Å². The molecule has 2 aromatic heterocycles. The molecule has 0 bridgehead atoms. The number of hydrogen-bond acceptors (Lipinski definition) is 8. The molecule has 8 nitrogen and oxygen atoms in total. The van der Waals surface area contributed by atoms with Crippen molar-refractivity contribution in [2.45, 2.75) is 6.42 Å². The molecule has 0 saturated carbocycles. The minimum atomic E-state index is 0.0327.